The molecule has 3 aromatic rings. The number of nitrogens with one attached hydrogen (secondary N) is 2. The monoisotopic (exact) mass is 616 g/mol. The van der Waals surface area contributed by atoms with Crippen LogP contribution in [0, 0.1) is 0 Å². The molecule has 5 rings (SSSR count). The fraction of sp³-hybridized carbons (Fsp3) is 0.423. The molecule has 2 aliphatic rings. The number of amidine groups is 1. The van der Waals surface area contributed by atoms with Crippen molar-refractivity contribution in [2.45, 2.75) is 38.4 Å². The number of methoxy groups -OCH3 is 1. The van der Waals surface area contributed by atoms with Crippen LogP contribution in [0.1, 0.15) is 39.3 Å². The fourth-order valence-electron chi connectivity index (χ4n) is 5.07. The molecular formula is C26H32N8O6S2. The van der Waals surface area contributed by atoms with Crippen LogP contribution < -0.4 is 16.4 Å². The van der Waals surface area contributed by atoms with Crippen molar-refractivity contribution in [3.05, 3.63) is 51.7 Å². The third-order valence-corrected chi connectivity index (χ3v) is 10.2. The lowest BCUT2D eigenvalue weighted by molar-refractivity contribution is -0.121. The minimum atomic E-state index is -4.05. The number of benzene rings is 1. The molecule has 14 nitrogen and oxygen atoms in total. The normalized spacial score (nSPS) is 19.9. The number of carbonyl (C=O) groups excluding carboxylic acids is 3. The predicted octanol–water partition coefficient (Wildman–Crippen LogP) is 0.659. The van der Waals surface area contributed by atoms with Crippen molar-refractivity contribution in [2.75, 3.05) is 33.8 Å². The summed E-state index contributed by atoms with van der Waals surface area (Å²) in [6, 6.07) is 4.49. The molecule has 1 saturated heterocycles. The zero-order valence-corrected chi connectivity index (χ0v) is 25.0. The molecule has 0 bridgehead atoms. The Morgan fingerprint density at radius 1 is 1.24 bits per heavy atom. The van der Waals surface area contributed by atoms with Crippen LogP contribution in [0.3, 0.4) is 0 Å². The Morgan fingerprint density at radius 2 is 2.00 bits per heavy atom. The second-order valence-electron chi connectivity index (χ2n) is 10.2. The maximum atomic E-state index is 13.7. The quantitative estimate of drug-likeness (QED) is 0.265. The van der Waals surface area contributed by atoms with Crippen molar-refractivity contribution >= 4 is 56.1 Å². The lowest BCUT2D eigenvalue weighted by Gasteiger charge is -2.40. The Hall–Kier alpha value is -3.86. The number of aliphatic imine (C=N–C) groups is 1. The molecule has 224 valence electrons. The Labute approximate surface area is 246 Å². The zero-order chi connectivity index (χ0) is 30.2. The maximum absolute atomic E-state index is 13.7. The van der Waals surface area contributed by atoms with Gasteiger partial charge in [-0.25, -0.2) is 13.8 Å². The average molecular weight is 617 g/mol. The van der Waals surface area contributed by atoms with E-state index in [-0.39, 0.29) is 49.7 Å². The van der Waals surface area contributed by atoms with Gasteiger partial charge in [-0.05, 0) is 13.0 Å². The molecule has 3 amide bonds. The van der Waals surface area contributed by atoms with Crippen molar-refractivity contribution < 1.29 is 27.5 Å². The van der Waals surface area contributed by atoms with Crippen LogP contribution >= 0.6 is 11.3 Å². The summed E-state index contributed by atoms with van der Waals surface area (Å²) >= 11 is 1.33. The number of nitrogens with zero attached hydrogens (tertiary/aromatic N) is 5. The zero-order valence-electron chi connectivity index (χ0n) is 23.4. The van der Waals surface area contributed by atoms with Crippen LogP contribution in [0.25, 0.3) is 10.8 Å². The van der Waals surface area contributed by atoms with Crippen LogP contribution in [0.15, 0.2) is 35.6 Å². The number of ether oxygens (including phenoxy) is 1. The number of thiazole rings is 1. The molecule has 2 aliphatic heterocycles. The smallest absolute Gasteiger partial charge is 0.435 e. The molecular weight excluding hydrogens is 584 g/mol. The van der Waals surface area contributed by atoms with Crippen LogP contribution in [0.4, 0.5) is 4.79 Å². The molecule has 0 aliphatic carbocycles. The van der Waals surface area contributed by atoms with Gasteiger partial charge in [0.1, 0.15) is 5.84 Å². The lowest BCUT2D eigenvalue weighted by atomic mass is 10.1. The molecule has 4 N–H and O–H groups in total. The van der Waals surface area contributed by atoms with Crippen molar-refractivity contribution in [1.82, 2.24) is 28.8 Å². The first kappa shape index (κ1) is 29.6. The van der Waals surface area contributed by atoms with E-state index in [1.807, 2.05) is 0 Å². The summed E-state index contributed by atoms with van der Waals surface area (Å²) in [7, 11) is -1.37. The van der Waals surface area contributed by atoms with Gasteiger partial charge in [0.15, 0.2) is 5.01 Å². The second-order valence-corrected chi connectivity index (χ2v) is 13.1. The molecule has 2 unspecified atom stereocenters. The number of piperazine rings is 1. The van der Waals surface area contributed by atoms with E-state index in [1.165, 1.54) is 42.2 Å². The van der Waals surface area contributed by atoms with Gasteiger partial charge in [-0.2, -0.15) is 17.7 Å². The predicted molar refractivity (Wildman–Crippen MR) is 157 cm³/mol. The number of carbonyl (C=O) groups is 3. The van der Waals surface area contributed by atoms with E-state index >= 15 is 0 Å². The van der Waals surface area contributed by atoms with Gasteiger partial charge in [0.2, 0.25) is 5.91 Å². The minimum absolute atomic E-state index is 0.0422. The Kier molecular flexibility index (Phi) is 8.32. The highest BCUT2D eigenvalue weighted by Gasteiger charge is 2.39. The molecule has 0 spiro atoms. The van der Waals surface area contributed by atoms with Gasteiger partial charge in [-0.1, -0.05) is 12.1 Å². The van der Waals surface area contributed by atoms with Crippen LogP contribution in [-0.2, 0) is 32.7 Å². The van der Waals surface area contributed by atoms with E-state index < -0.39 is 22.3 Å². The van der Waals surface area contributed by atoms with Crippen LogP contribution in [-0.4, -0.2) is 96.2 Å². The summed E-state index contributed by atoms with van der Waals surface area (Å²) in [6.45, 7) is 2.78. The molecule has 16 heteroatoms. The molecule has 4 heterocycles. The molecule has 0 saturated carbocycles. The van der Waals surface area contributed by atoms with E-state index in [0.717, 1.165) is 21.0 Å². The maximum Gasteiger partial charge on any atom is 0.435 e. The van der Waals surface area contributed by atoms with Gasteiger partial charge < -0.3 is 26.0 Å². The largest absolute Gasteiger partial charge is 0.451 e. The number of aromatic nitrogens is 2. The molecule has 42 heavy (non-hydrogen) atoms. The van der Waals surface area contributed by atoms with E-state index in [9.17, 15) is 22.8 Å². The van der Waals surface area contributed by atoms with Gasteiger partial charge >= 0.3 is 16.3 Å². The molecule has 0 radical (unpaired) electrons. The summed E-state index contributed by atoms with van der Waals surface area (Å²) in [4.78, 5) is 48.3. The third-order valence-electron chi connectivity index (χ3n) is 7.37. The van der Waals surface area contributed by atoms with Gasteiger partial charge in [0, 0.05) is 85.7 Å². The van der Waals surface area contributed by atoms with Gasteiger partial charge in [-0.3, -0.25) is 9.59 Å². The standard InChI is InChI=1S/C26H32N8O6S2/c1-15-8-20-21(11-29-15)41-24(30-20)25(36)34-7-6-32(14-19(34)10-22(35)28-2)42(38,39)33-12-17-5-4-16(9-18(17)13-33)23(27)31-26(37)40-3/h4-5,9,12-13,15,19,29H,6-8,10-11,14H2,1-3H3,(H,28,35)(H2,27,31,37). The first-order valence-corrected chi connectivity index (χ1v) is 15.5. The molecule has 1 fully saturated rings. The van der Waals surface area contributed by atoms with Crippen molar-refractivity contribution in [1.29, 1.82) is 0 Å². The SMILES string of the molecule is CNC(=O)CC1CN(S(=O)(=O)n2cc3ccc(/C(N)=N\C(=O)OC)cc3c2)CCN1C(=O)c1nc2c(s1)CNC(C)C2. The second kappa shape index (κ2) is 11.8. The topological polar surface area (TPSA) is 181 Å². The summed E-state index contributed by atoms with van der Waals surface area (Å²) in [6.07, 6.45) is 2.73. The summed E-state index contributed by atoms with van der Waals surface area (Å²) in [5, 5.41) is 7.46. The Morgan fingerprint density at radius 3 is 2.74 bits per heavy atom. The van der Waals surface area contributed by atoms with E-state index in [2.05, 4.69) is 32.3 Å². The van der Waals surface area contributed by atoms with Crippen molar-refractivity contribution in [2.24, 2.45) is 10.7 Å². The Balaban J connectivity index is 1.39. The molecule has 2 aromatic heterocycles. The van der Waals surface area contributed by atoms with E-state index in [0.29, 0.717) is 27.9 Å². The molecule has 2 atom stereocenters. The lowest BCUT2D eigenvalue weighted by Crippen LogP contribution is -2.58. The summed E-state index contributed by atoms with van der Waals surface area (Å²) < 4.78 is 34.3. The van der Waals surface area contributed by atoms with Gasteiger partial charge in [0.05, 0.1) is 18.8 Å². The highest BCUT2D eigenvalue weighted by Crippen LogP contribution is 2.27. The number of amides is 3. The summed E-state index contributed by atoms with van der Waals surface area (Å²) in [5.74, 6) is -0.679. The van der Waals surface area contributed by atoms with Gasteiger partial charge in [-0.15, -0.1) is 11.3 Å². The number of nitrogens with two attached hydrogens (primary N) is 1. The van der Waals surface area contributed by atoms with Crippen molar-refractivity contribution in [3.8, 4) is 0 Å². The first-order chi connectivity index (χ1) is 20.0. The van der Waals surface area contributed by atoms with Crippen molar-refractivity contribution in [3.63, 3.8) is 0 Å². The number of fused-ring (bicyclic) bond motifs is 2. The number of rotatable bonds is 6. The third kappa shape index (κ3) is 5.88. The van der Waals surface area contributed by atoms with Crippen LogP contribution in [0.5, 0.6) is 0 Å². The highest BCUT2D eigenvalue weighted by atomic mass is 32.2. The average Bonchev–Trinajstić information content (AvgIpc) is 3.60. The molecule has 1 aromatic carbocycles. The highest BCUT2D eigenvalue weighted by molar-refractivity contribution is 7.87. The van der Waals surface area contributed by atoms with E-state index in [4.69, 9.17) is 5.73 Å². The number of hydrogen-bond acceptors (Lipinski definition) is 9. The fourth-order valence-corrected chi connectivity index (χ4v) is 7.50. The first-order valence-electron chi connectivity index (χ1n) is 13.3. The minimum Gasteiger partial charge on any atom is -0.451 e. The van der Waals surface area contributed by atoms with Gasteiger partial charge in [0.25, 0.3) is 5.91 Å². The number of hydrogen-bond donors (Lipinski definition) is 3. The Bertz CT molecular complexity index is 1680. The van der Waals surface area contributed by atoms with Crippen LogP contribution in [0.2, 0.25) is 0 Å². The van der Waals surface area contributed by atoms with E-state index in [1.54, 1.807) is 23.1 Å². The summed E-state index contributed by atoms with van der Waals surface area (Å²) in [5.41, 5.74) is 7.23.